The second-order valence-electron chi connectivity index (χ2n) is 15.6. The molecule has 2 amide bonds. The van der Waals surface area contributed by atoms with Crippen LogP contribution in [-0.4, -0.2) is 75.9 Å². The van der Waals surface area contributed by atoms with Gasteiger partial charge in [-0.2, -0.15) is 0 Å². The number of nitrogens with zero attached hydrogens (tertiary/aromatic N) is 3. The highest BCUT2D eigenvalue weighted by Crippen LogP contribution is 2.52. The molecule has 11 heteroatoms. The van der Waals surface area contributed by atoms with Gasteiger partial charge >= 0.3 is 12.1 Å². The van der Waals surface area contributed by atoms with E-state index >= 15 is 0 Å². The average molecular weight is 653 g/mol. The minimum absolute atomic E-state index is 0.103. The molecule has 2 bridgehead atoms. The zero-order chi connectivity index (χ0) is 34.3. The molecule has 1 aromatic carbocycles. The van der Waals surface area contributed by atoms with Crippen molar-refractivity contribution in [3.8, 4) is 11.6 Å². The number of rotatable bonds is 3. The first-order valence-corrected chi connectivity index (χ1v) is 17.1. The molecule has 6 atom stereocenters. The summed E-state index contributed by atoms with van der Waals surface area (Å²) in [5, 5.41) is 2.90. The molecular weight excluding hydrogens is 600 g/mol. The van der Waals surface area contributed by atoms with E-state index in [4.69, 9.17) is 28.9 Å². The van der Waals surface area contributed by atoms with Gasteiger partial charge in [0, 0.05) is 17.9 Å². The molecule has 2 aromatic rings. The van der Waals surface area contributed by atoms with Crippen molar-refractivity contribution in [1.82, 2.24) is 20.2 Å². The number of esters is 1. The highest BCUT2D eigenvalue weighted by molar-refractivity contribution is 5.91. The van der Waals surface area contributed by atoms with Crippen LogP contribution in [0.5, 0.6) is 11.6 Å². The van der Waals surface area contributed by atoms with Gasteiger partial charge in [0.05, 0.1) is 24.7 Å². The van der Waals surface area contributed by atoms with Crippen LogP contribution in [-0.2, 0) is 25.5 Å². The number of hydrogen-bond acceptors (Lipinski definition) is 9. The van der Waals surface area contributed by atoms with E-state index < -0.39 is 58.7 Å². The lowest BCUT2D eigenvalue weighted by Crippen LogP contribution is -2.58. The molecule has 258 valence electrons. The van der Waals surface area contributed by atoms with Crippen LogP contribution in [0.2, 0.25) is 0 Å². The lowest BCUT2D eigenvalue weighted by atomic mass is 9.85. The molecule has 1 aromatic heterocycles. The summed E-state index contributed by atoms with van der Waals surface area (Å²) in [5.41, 5.74) is 0.146. The predicted octanol–water partition coefficient (Wildman–Crippen LogP) is 6.00. The SMILES string of the molecule is CCC12CC1CCCCCc1nc3ccc(OC)cc3nc1OC1CN(C(=O)C(C(C)(C)C)NC(=O)O2)C(C(=O)OC(C)(C)C)C1C. The summed E-state index contributed by atoms with van der Waals surface area (Å²) in [5.74, 6) is -0.0305. The number of nitrogens with one attached hydrogen (secondary N) is 1. The van der Waals surface area contributed by atoms with Gasteiger partial charge in [-0.3, -0.25) is 4.79 Å². The summed E-state index contributed by atoms with van der Waals surface area (Å²) in [6.45, 7) is 15.1. The number of amides is 2. The molecule has 6 unspecified atom stereocenters. The maximum Gasteiger partial charge on any atom is 0.408 e. The molecular formula is C36H52N4O7. The molecule has 47 heavy (non-hydrogen) atoms. The lowest BCUT2D eigenvalue weighted by molar-refractivity contribution is -0.165. The van der Waals surface area contributed by atoms with Crippen LogP contribution in [0, 0.1) is 17.3 Å². The van der Waals surface area contributed by atoms with Crippen molar-refractivity contribution < 1.29 is 33.3 Å². The Morgan fingerprint density at radius 1 is 1.09 bits per heavy atom. The largest absolute Gasteiger partial charge is 0.497 e. The molecule has 1 saturated carbocycles. The molecule has 3 heterocycles. The van der Waals surface area contributed by atoms with Gasteiger partial charge in [-0.05, 0) is 70.4 Å². The smallest absolute Gasteiger partial charge is 0.408 e. The van der Waals surface area contributed by atoms with E-state index in [2.05, 4.69) is 5.32 Å². The Morgan fingerprint density at radius 2 is 1.83 bits per heavy atom. The van der Waals surface area contributed by atoms with Crippen molar-refractivity contribution >= 4 is 29.0 Å². The fourth-order valence-corrected chi connectivity index (χ4v) is 6.98. The third-order valence-corrected chi connectivity index (χ3v) is 9.81. The van der Waals surface area contributed by atoms with Crippen molar-refractivity contribution in [3.05, 3.63) is 23.9 Å². The summed E-state index contributed by atoms with van der Waals surface area (Å²) in [6, 6.07) is 3.68. The first kappa shape index (κ1) is 34.7. The summed E-state index contributed by atoms with van der Waals surface area (Å²) in [7, 11) is 1.60. The van der Waals surface area contributed by atoms with Gasteiger partial charge in [0.2, 0.25) is 11.8 Å². The van der Waals surface area contributed by atoms with Crippen LogP contribution in [0.25, 0.3) is 11.0 Å². The van der Waals surface area contributed by atoms with Gasteiger partial charge in [0.15, 0.2) is 0 Å². The normalized spacial score (nSPS) is 29.0. The lowest BCUT2D eigenvalue weighted by Gasteiger charge is -2.36. The maximum atomic E-state index is 14.5. The van der Waals surface area contributed by atoms with Gasteiger partial charge < -0.3 is 29.2 Å². The van der Waals surface area contributed by atoms with Crippen molar-refractivity contribution in [2.45, 2.75) is 130 Å². The van der Waals surface area contributed by atoms with Crippen LogP contribution in [0.1, 0.15) is 99.6 Å². The standard InChI is InChI=1S/C36H52N4O7/c1-10-36-19-22(36)14-12-11-13-15-25-30(38-26-18-23(44-9)16-17-24(26)37-25)45-27-20-40(28(21(27)2)32(42)46-35(6,7)8)31(41)29(34(3,4)5)39-33(43)47-36/h16-18,21-22,27-29H,10-15,19-20H2,1-9H3,(H,39,43). The van der Waals surface area contributed by atoms with Crippen molar-refractivity contribution in [3.63, 3.8) is 0 Å². The maximum absolute atomic E-state index is 14.5. The summed E-state index contributed by atoms with van der Waals surface area (Å²) >= 11 is 0. The fraction of sp³-hybridized carbons (Fsp3) is 0.694. The van der Waals surface area contributed by atoms with Crippen LogP contribution in [0.3, 0.4) is 0 Å². The van der Waals surface area contributed by atoms with E-state index in [9.17, 15) is 14.4 Å². The molecule has 1 N–H and O–H groups in total. The minimum Gasteiger partial charge on any atom is -0.497 e. The Bertz CT molecular complexity index is 1500. The third-order valence-electron chi connectivity index (χ3n) is 9.81. The Morgan fingerprint density at radius 3 is 2.49 bits per heavy atom. The van der Waals surface area contributed by atoms with Gasteiger partial charge in [-0.1, -0.05) is 47.5 Å². The Labute approximate surface area is 278 Å². The zero-order valence-corrected chi connectivity index (χ0v) is 29.5. The van der Waals surface area contributed by atoms with E-state index in [0.29, 0.717) is 30.0 Å². The molecule has 0 spiro atoms. The van der Waals surface area contributed by atoms with E-state index in [0.717, 1.165) is 43.3 Å². The van der Waals surface area contributed by atoms with Crippen LogP contribution < -0.4 is 14.8 Å². The summed E-state index contributed by atoms with van der Waals surface area (Å²) in [6.07, 6.45) is 4.83. The number of aryl methyl sites for hydroxylation is 1. The van der Waals surface area contributed by atoms with E-state index in [1.807, 2.05) is 52.8 Å². The highest BCUT2D eigenvalue weighted by Gasteiger charge is 2.56. The number of methoxy groups -OCH3 is 1. The van der Waals surface area contributed by atoms with E-state index in [-0.39, 0.29) is 12.5 Å². The zero-order valence-electron chi connectivity index (χ0n) is 29.5. The molecule has 5 rings (SSSR count). The quantitative estimate of drug-likeness (QED) is 0.397. The number of fused-ring (bicyclic) bond motifs is 5. The fourth-order valence-electron chi connectivity index (χ4n) is 6.98. The van der Waals surface area contributed by atoms with Crippen molar-refractivity contribution in [2.75, 3.05) is 13.7 Å². The molecule has 2 fully saturated rings. The topological polar surface area (TPSA) is 129 Å². The summed E-state index contributed by atoms with van der Waals surface area (Å²) < 4.78 is 24.0. The van der Waals surface area contributed by atoms with Crippen molar-refractivity contribution in [1.29, 1.82) is 0 Å². The second-order valence-corrected chi connectivity index (χ2v) is 15.6. The molecule has 11 nitrogen and oxygen atoms in total. The van der Waals surface area contributed by atoms with Crippen molar-refractivity contribution in [2.24, 2.45) is 17.3 Å². The second kappa shape index (κ2) is 13.1. The molecule has 2 aliphatic heterocycles. The number of alkyl carbamates (subject to hydrolysis) is 1. The van der Waals surface area contributed by atoms with Gasteiger partial charge in [0.1, 0.15) is 40.8 Å². The number of hydrogen-bond donors (Lipinski definition) is 1. The number of aromatic nitrogens is 2. The van der Waals surface area contributed by atoms with Crippen LogP contribution >= 0.6 is 0 Å². The average Bonchev–Trinajstić information content (AvgIpc) is 3.57. The van der Waals surface area contributed by atoms with Gasteiger partial charge in [-0.25, -0.2) is 19.6 Å². The Balaban J connectivity index is 1.56. The molecule has 1 aliphatic carbocycles. The molecule has 1 saturated heterocycles. The Kier molecular flexibility index (Phi) is 9.68. The predicted molar refractivity (Wildman–Crippen MR) is 177 cm³/mol. The van der Waals surface area contributed by atoms with Crippen LogP contribution in [0.15, 0.2) is 18.2 Å². The van der Waals surface area contributed by atoms with E-state index in [1.54, 1.807) is 27.9 Å². The summed E-state index contributed by atoms with van der Waals surface area (Å²) in [4.78, 5) is 53.1. The third kappa shape index (κ3) is 7.59. The first-order valence-electron chi connectivity index (χ1n) is 17.1. The van der Waals surface area contributed by atoms with Gasteiger partial charge in [0.25, 0.3) is 0 Å². The van der Waals surface area contributed by atoms with Gasteiger partial charge in [-0.15, -0.1) is 0 Å². The number of ether oxygens (including phenoxy) is 4. The molecule has 3 aliphatic rings. The first-order chi connectivity index (χ1) is 22.0. The van der Waals surface area contributed by atoms with E-state index in [1.165, 1.54) is 4.90 Å². The number of carbonyl (C=O) groups excluding carboxylic acids is 3. The monoisotopic (exact) mass is 652 g/mol. The highest BCUT2D eigenvalue weighted by atomic mass is 16.6. The number of carbonyl (C=O) groups is 3. The number of benzene rings is 1. The van der Waals surface area contributed by atoms with Crippen LogP contribution in [0.4, 0.5) is 4.79 Å². The Hall–Kier alpha value is -3.63. The minimum atomic E-state index is -0.959. The molecule has 0 radical (unpaired) electrons.